The van der Waals surface area contributed by atoms with Gasteiger partial charge in [0.1, 0.15) is 30.1 Å². The van der Waals surface area contributed by atoms with Crippen molar-refractivity contribution in [2.24, 2.45) is 5.92 Å². The minimum Gasteiger partial charge on any atom is -0.354 e. The van der Waals surface area contributed by atoms with Gasteiger partial charge in [0.15, 0.2) is 0 Å². The van der Waals surface area contributed by atoms with Gasteiger partial charge in [0, 0.05) is 30.5 Å². The number of amides is 1. The summed E-state index contributed by atoms with van der Waals surface area (Å²) in [6, 6.07) is 8.01. The number of aromatic amines is 1. The molecule has 2 N–H and O–H groups in total. The van der Waals surface area contributed by atoms with E-state index in [2.05, 4.69) is 20.5 Å². The van der Waals surface area contributed by atoms with E-state index in [0.29, 0.717) is 42.6 Å². The Hall–Kier alpha value is -3.62. The maximum absolute atomic E-state index is 14.5. The average Bonchev–Trinajstić information content (AvgIpc) is 3.36. The van der Waals surface area contributed by atoms with Crippen molar-refractivity contribution in [1.29, 1.82) is 0 Å². The zero-order valence-electron chi connectivity index (χ0n) is 17.0. The first-order valence-electron chi connectivity index (χ1n) is 10.4. The van der Waals surface area contributed by atoms with Crippen LogP contribution in [0.3, 0.4) is 0 Å². The molecule has 6 nitrogen and oxygen atoms in total. The fourth-order valence-electron chi connectivity index (χ4n) is 4.37. The second-order valence-electron chi connectivity index (χ2n) is 8.09. The first-order valence-corrected chi connectivity index (χ1v) is 10.4. The molecule has 4 aromatic rings. The van der Waals surface area contributed by atoms with E-state index < -0.39 is 11.6 Å². The van der Waals surface area contributed by atoms with Gasteiger partial charge in [0.25, 0.3) is 0 Å². The highest BCUT2D eigenvalue weighted by molar-refractivity contribution is 5.92. The zero-order chi connectivity index (χ0) is 22.2. The van der Waals surface area contributed by atoms with Crippen molar-refractivity contribution in [3.63, 3.8) is 0 Å². The molecule has 9 heteroatoms. The number of carbonyl (C=O) groups is 1. The summed E-state index contributed by atoms with van der Waals surface area (Å²) in [5.41, 5.74) is 2.28. The van der Waals surface area contributed by atoms with Crippen LogP contribution in [0.25, 0.3) is 22.2 Å². The smallest absolute Gasteiger partial charge is 0.223 e. The van der Waals surface area contributed by atoms with Crippen LogP contribution in [-0.4, -0.2) is 32.2 Å². The van der Waals surface area contributed by atoms with Crippen LogP contribution in [0, 0.1) is 23.4 Å². The van der Waals surface area contributed by atoms with Crippen molar-refractivity contribution < 1.29 is 18.0 Å². The number of carbonyl (C=O) groups excluding carboxylic acids is 1. The summed E-state index contributed by atoms with van der Waals surface area (Å²) in [6.07, 6.45) is 4.30. The fraction of sp³-hybridized carbons (Fsp3) is 0.261. The molecule has 2 aromatic carbocycles. The van der Waals surface area contributed by atoms with E-state index >= 15 is 0 Å². The molecule has 1 amide bonds. The van der Waals surface area contributed by atoms with Crippen LogP contribution < -0.4 is 5.32 Å². The number of nitrogens with zero attached hydrogens (tertiary/aromatic N) is 3. The maximum atomic E-state index is 14.5. The lowest BCUT2D eigenvalue weighted by Crippen LogP contribution is -2.39. The predicted octanol–water partition coefficient (Wildman–Crippen LogP) is 4.15. The Morgan fingerprint density at radius 2 is 1.78 bits per heavy atom. The summed E-state index contributed by atoms with van der Waals surface area (Å²) in [4.78, 5) is 15.6. The standard InChI is InChI=1S/C23H20F3N5O/c24-16-3-1-13(2-4-16)21-20(18-9-17(25)10-19(26)22(18)30-21)14-7-15(8-14)23(32)27-5-6-31-11-28-29-12-31/h1-4,9-12,14-15,30H,5-8H2,(H,27,32)/t14-,15-. The van der Waals surface area contributed by atoms with Crippen molar-refractivity contribution in [3.05, 3.63) is 72.1 Å². The molecule has 32 heavy (non-hydrogen) atoms. The third kappa shape index (κ3) is 3.74. The van der Waals surface area contributed by atoms with Gasteiger partial charge in [0.05, 0.1) is 11.2 Å². The van der Waals surface area contributed by atoms with Gasteiger partial charge in [-0.15, -0.1) is 10.2 Å². The van der Waals surface area contributed by atoms with Crippen molar-refractivity contribution in [2.75, 3.05) is 6.54 Å². The van der Waals surface area contributed by atoms with Gasteiger partial charge in [-0.1, -0.05) is 0 Å². The summed E-state index contributed by atoms with van der Waals surface area (Å²) in [6.45, 7) is 1.03. The number of benzene rings is 2. The van der Waals surface area contributed by atoms with Crippen molar-refractivity contribution in [3.8, 4) is 11.3 Å². The largest absolute Gasteiger partial charge is 0.354 e. The van der Waals surface area contributed by atoms with E-state index in [9.17, 15) is 18.0 Å². The van der Waals surface area contributed by atoms with Crippen LogP contribution in [0.5, 0.6) is 0 Å². The van der Waals surface area contributed by atoms with Gasteiger partial charge in [-0.3, -0.25) is 4.79 Å². The first-order chi connectivity index (χ1) is 15.5. The summed E-state index contributed by atoms with van der Waals surface area (Å²) < 4.78 is 43.7. The molecule has 1 saturated carbocycles. The van der Waals surface area contributed by atoms with Crippen LogP contribution in [0.4, 0.5) is 13.2 Å². The van der Waals surface area contributed by atoms with Gasteiger partial charge in [-0.25, -0.2) is 13.2 Å². The van der Waals surface area contributed by atoms with Gasteiger partial charge >= 0.3 is 0 Å². The number of nitrogens with one attached hydrogen (secondary N) is 2. The third-order valence-electron chi connectivity index (χ3n) is 6.05. The second-order valence-corrected chi connectivity index (χ2v) is 8.09. The van der Waals surface area contributed by atoms with Crippen LogP contribution in [0.2, 0.25) is 0 Å². The number of hydrogen-bond acceptors (Lipinski definition) is 3. The lowest BCUT2D eigenvalue weighted by Gasteiger charge is -2.35. The topological polar surface area (TPSA) is 75.6 Å². The molecule has 0 bridgehead atoms. The summed E-state index contributed by atoms with van der Waals surface area (Å²) in [5.74, 6) is -1.99. The minimum atomic E-state index is -0.683. The lowest BCUT2D eigenvalue weighted by molar-refractivity contribution is -0.127. The monoisotopic (exact) mass is 439 g/mol. The van der Waals surface area contributed by atoms with E-state index in [0.717, 1.165) is 11.6 Å². The van der Waals surface area contributed by atoms with E-state index in [4.69, 9.17) is 0 Å². The maximum Gasteiger partial charge on any atom is 0.223 e. The number of halogens is 3. The molecule has 0 unspecified atom stereocenters. The van der Waals surface area contributed by atoms with Crippen LogP contribution in [0.1, 0.15) is 24.3 Å². The second kappa shape index (κ2) is 8.14. The first kappa shape index (κ1) is 20.3. The quantitative estimate of drug-likeness (QED) is 0.474. The van der Waals surface area contributed by atoms with E-state index in [1.165, 1.54) is 18.2 Å². The Morgan fingerprint density at radius 3 is 2.50 bits per heavy atom. The summed E-state index contributed by atoms with van der Waals surface area (Å²) in [5, 5.41) is 10.8. The third-order valence-corrected chi connectivity index (χ3v) is 6.05. The molecule has 164 valence electrons. The molecule has 1 aliphatic carbocycles. The molecule has 1 aliphatic rings. The fourth-order valence-corrected chi connectivity index (χ4v) is 4.37. The molecule has 0 radical (unpaired) electrons. The molecule has 2 aromatic heterocycles. The van der Waals surface area contributed by atoms with Gasteiger partial charge in [-0.05, 0) is 60.2 Å². The summed E-state index contributed by atoms with van der Waals surface area (Å²) >= 11 is 0. The average molecular weight is 439 g/mol. The Labute approximate surface area is 181 Å². The molecule has 2 heterocycles. The molecule has 5 rings (SSSR count). The highest BCUT2D eigenvalue weighted by Crippen LogP contribution is 2.48. The highest BCUT2D eigenvalue weighted by Gasteiger charge is 2.38. The van der Waals surface area contributed by atoms with Crippen molar-refractivity contribution in [2.45, 2.75) is 25.3 Å². The van der Waals surface area contributed by atoms with Gasteiger partial charge in [0.2, 0.25) is 5.91 Å². The Kier molecular flexibility index (Phi) is 5.16. The number of H-pyrrole nitrogens is 1. The van der Waals surface area contributed by atoms with Gasteiger partial charge < -0.3 is 14.9 Å². The molecule has 0 atom stereocenters. The number of fused-ring (bicyclic) bond motifs is 1. The van der Waals surface area contributed by atoms with Crippen LogP contribution in [-0.2, 0) is 11.3 Å². The number of rotatable bonds is 6. The molecule has 0 saturated heterocycles. The van der Waals surface area contributed by atoms with E-state index in [1.807, 2.05) is 0 Å². The Morgan fingerprint density at radius 1 is 1.06 bits per heavy atom. The minimum absolute atomic E-state index is 0.0430. The van der Waals surface area contributed by atoms with E-state index in [1.54, 1.807) is 29.4 Å². The SMILES string of the molecule is O=C(NCCn1cnnc1)[C@H]1C[C@H](c2c(-c3ccc(F)cc3)[nH]c3c(F)cc(F)cc32)C1. The van der Waals surface area contributed by atoms with Crippen LogP contribution in [0.15, 0.2) is 49.1 Å². The summed E-state index contributed by atoms with van der Waals surface area (Å²) in [7, 11) is 0. The van der Waals surface area contributed by atoms with Crippen molar-refractivity contribution >= 4 is 16.8 Å². The molecular weight excluding hydrogens is 419 g/mol. The zero-order valence-corrected chi connectivity index (χ0v) is 17.0. The predicted molar refractivity (Wildman–Crippen MR) is 112 cm³/mol. The molecular formula is C23H20F3N5O. The number of hydrogen-bond donors (Lipinski definition) is 2. The van der Waals surface area contributed by atoms with Crippen LogP contribution >= 0.6 is 0 Å². The lowest BCUT2D eigenvalue weighted by atomic mass is 9.70. The number of aromatic nitrogens is 4. The molecule has 1 fully saturated rings. The van der Waals surface area contributed by atoms with E-state index in [-0.39, 0.29) is 29.1 Å². The molecule has 0 spiro atoms. The Bertz CT molecular complexity index is 1260. The highest BCUT2D eigenvalue weighted by atomic mass is 19.1. The van der Waals surface area contributed by atoms with Crippen molar-refractivity contribution in [1.82, 2.24) is 25.1 Å². The normalized spacial score (nSPS) is 18.0. The Balaban J connectivity index is 1.37. The molecule has 0 aliphatic heterocycles. The van der Waals surface area contributed by atoms with Gasteiger partial charge in [-0.2, -0.15) is 0 Å².